The number of carbonyl (C=O) groups is 1. The number of unbranched alkanes of at least 4 members (excludes halogenated alkanes) is 1. The molecule has 1 aliphatic rings. The molecule has 1 heterocycles. The van der Waals surface area contributed by atoms with Crippen LogP contribution in [0.5, 0.6) is 5.75 Å². The van der Waals surface area contributed by atoms with Gasteiger partial charge < -0.3 is 23.9 Å². The molecular weight excluding hydrogens is 482 g/mol. The lowest BCUT2D eigenvalue weighted by Gasteiger charge is -2.48. The summed E-state index contributed by atoms with van der Waals surface area (Å²) in [6.45, 7) is 12.6. The molecular formula is C30H45NO5Si. The second-order valence-electron chi connectivity index (χ2n) is 11.6. The zero-order valence-electron chi connectivity index (χ0n) is 23.5. The van der Waals surface area contributed by atoms with Crippen LogP contribution in [0.15, 0.2) is 54.6 Å². The third kappa shape index (κ3) is 7.66. The molecule has 2 aromatic rings. The van der Waals surface area contributed by atoms with Crippen molar-refractivity contribution < 1.29 is 23.8 Å². The van der Waals surface area contributed by atoms with Crippen molar-refractivity contribution in [3.8, 4) is 5.75 Å². The van der Waals surface area contributed by atoms with Gasteiger partial charge in [0.2, 0.25) is 5.91 Å². The van der Waals surface area contributed by atoms with Gasteiger partial charge in [0, 0.05) is 19.6 Å². The fraction of sp³-hybridized carbons (Fsp3) is 0.567. The van der Waals surface area contributed by atoms with Gasteiger partial charge in [0.1, 0.15) is 11.9 Å². The molecule has 1 N–H and O–H groups in total. The van der Waals surface area contributed by atoms with Crippen LogP contribution in [0, 0.1) is 0 Å². The monoisotopic (exact) mass is 527 g/mol. The Morgan fingerprint density at radius 3 is 2.32 bits per heavy atom. The quantitative estimate of drug-likeness (QED) is 0.260. The van der Waals surface area contributed by atoms with Gasteiger partial charge in [0.25, 0.3) is 0 Å². The summed E-state index contributed by atoms with van der Waals surface area (Å²) in [4.78, 5) is 14.8. The van der Waals surface area contributed by atoms with E-state index in [1.165, 1.54) is 0 Å². The molecule has 0 spiro atoms. The number of amides is 1. The van der Waals surface area contributed by atoms with Crippen molar-refractivity contribution in [2.45, 2.75) is 96.0 Å². The van der Waals surface area contributed by atoms with Crippen molar-refractivity contribution in [3.05, 3.63) is 65.7 Å². The minimum atomic E-state index is -1.82. The van der Waals surface area contributed by atoms with Crippen LogP contribution < -0.4 is 4.74 Å². The Labute approximate surface area is 224 Å². The summed E-state index contributed by atoms with van der Waals surface area (Å²) in [5.74, 6) is 0.713. The van der Waals surface area contributed by atoms with Crippen LogP contribution in [0.1, 0.15) is 64.0 Å². The molecule has 37 heavy (non-hydrogen) atoms. The Morgan fingerprint density at radius 1 is 1.03 bits per heavy atom. The van der Waals surface area contributed by atoms with E-state index in [2.05, 4.69) is 33.9 Å². The zero-order chi connectivity index (χ0) is 27.1. The Balaban J connectivity index is 1.73. The number of methoxy groups -OCH3 is 1. The van der Waals surface area contributed by atoms with Gasteiger partial charge in [-0.3, -0.25) is 4.79 Å². The minimum absolute atomic E-state index is 0.0459. The molecule has 1 aliphatic heterocycles. The minimum Gasteiger partial charge on any atom is -0.497 e. The van der Waals surface area contributed by atoms with Gasteiger partial charge in [-0.15, -0.1) is 0 Å². The van der Waals surface area contributed by atoms with Gasteiger partial charge in [-0.05, 0) is 67.1 Å². The van der Waals surface area contributed by atoms with Crippen molar-refractivity contribution in [2.75, 3.05) is 13.7 Å². The van der Waals surface area contributed by atoms with Gasteiger partial charge in [-0.1, -0.05) is 63.2 Å². The van der Waals surface area contributed by atoms with E-state index in [1.54, 1.807) is 12.0 Å². The first-order valence-corrected chi connectivity index (χ1v) is 16.3. The second-order valence-corrected chi connectivity index (χ2v) is 16.4. The third-order valence-corrected chi connectivity index (χ3v) is 12.4. The van der Waals surface area contributed by atoms with Gasteiger partial charge in [-0.25, -0.2) is 0 Å². The normalized spacial score (nSPS) is 20.8. The number of rotatable bonds is 12. The average Bonchev–Trinajstić information content (AvgIpc) is 2.86. The Bertz CT molecular complexity index is 989. The molecule has 2 aromatic carbocycles. The molecule has 204 valence electrons. The van der Waals surface area contributed by atoms with E-state index < -0.39 is 20.1 Å². The smallest absolute Gasteiger partial charge is 0.225 e. The van der Waals surface area contributed by atoms with E-state index >= 15 is 0 Å². The SMILES string of the molecule is COc1ccc(CN2C(=O)CC[C@H](OCc3ccccc3)C2(O)CCCCO[Si](C)(C)C(C)(C)C)cc1. The molecule has 6 nitrogen and oxygen atoms in total. The van der Waals surface area contributed by atoms with Crippen LogP contribution in [0.3, 0.4) is 0 Å². The molecule has 0 aliphatic carbocycles. The number of benzene rings is 2. The highest BCUT2D eigenvalue weighted by atomic mass is 28.4. The van der Waals surface area contributed by atoms with Gasteiger partial charge in [0.05, 0.1) is 13.7 Å². The van der Waals surface area contributed by atoms with Gasteiger partial charge in [0.15, 0.2) is 14.0 Å². The summed E-state index contributed by atoms with van der Waals surface area (Å²) < 4.78 is 17.9. The number of aliphatic hydroxyl groups is 1. The van der Waals surface area contributed by atoms with E-state index in [-0.39, 0.29) is 10.9 Å². The van der Waals surface area contributed by atoms with Crippen molar-refractivity contribution >= 4 is 14.2 Å². The first-order valence-electron chi connectivity index (χ1n) is 13.4. The fourth-order valence-corrected chi connectivity index (χ4v) is 5.55. The summed E-state index contributed by atoms with van der Waals surface area (Å²) in [7, 11) is -0.192. The maximum atomic E-state index is 13.2. The molecule has 0 aromatic heterocycles. The Kier molecular flexibility index (Phi) is 9.97. The van der Waals surface area contributed by atoms with E-state index in [1.807, 2.05) is 54.6 Å². The highest BCUT2D eigenvalue weighted by molar-refractivity contribution is 6.74. The van der Waals surface area contributed by atoms with Gasteiger partial charge >= 0.3 is 0 Å². The molecule has 1 unspecified atom stereocenters. The first-order chi connectivity index (χ1) is 17.5. The summed E-state index contributed by atoms with van der Waals surface area (Å²) >= 11 is 0. The number of hydrogen-bond acceptors (Lipinski definition) is 5. The van der Waals surface area contributed by atoms with E-state index in [0.717, 1.165) is 29.7 Å². The lowest BCUT2D eigenvalue weighted by Crippen LogP contribution is -2.62. The predicted octanol–water partition coefficient (Wildman–Crippen LogP) is 6.28. The molecule has 3 rings (SSSR count). The largest absolute Gasteiger partial charge is 0.497 e. The number of piperidine rings is 1. The average molecular weight is 528 g/mol. The number of hydrogen-bond donors (Lipinski definition) is 1. The second kappa shape index (κ2) is 12.6. The predicted molar refractivity (Wildman–Crippen MR) is 150 cm³/mol. The molecule has 0 radical (unpaired) electrons. The zero-order valence-corrected chi connectivity index (χ0v) is 24.5. The van der Waals surface area contributed by atoms with Crippen molar-refractivity contribution in [1.29, 1.82) is 0 Å². The lowest BCUT2D eigenvalue weighted by atomic mass is 9.89. The molecule has 0 bridgehead atoms. The maximum absolute atomic E-state index is 13.2. The number of ether oxygens (including phenoxy) is 2. The van der Waals surface area contributed by atoms with Crippen LogP contribution in [0.25, 0.3) is 0 Å². The summed E-state index contributed by atoms with van der Waals surface area (Å²) in [5.41, 5.74) is 0.602. The van der Waals surface area contributed by atoms with Crippen LogP contribution >= 0.6 is 0 Å². The van der Waals surface area contributed by atoms with Crippen LogP contribution in [-0.2, 0) is 27.1 Å². The van der Waals surface area contributed by atoms with Crippen LogP contribution in [0.4, 0.5) is 0 Å². The first kappa shape index (κ1) is 29.4. The third-order valence-electron chi connectivity index (χ3n) is 7.91. The van der Waals surface area contributed by atoms with E-state index in [4.69, 9.17) is 13.9 Å². The fourth-order valence-electron chi connectivity index (χ4n) is 4.46. The van der Waals surface area contributed by atoms with Crippen molar-refractivity contribution in [3.63, 3.8) is 0 Å². The number of nitrogens with zero attached hydrogens (tertiary/aromatic N) is 1. The summed E-state index contributed by atoms with van der Waals surface area (Å²) in [5, 5.41) is 12.3. The molecule has 1 amide bonds. The van der Waals surface area contributed by atoms with E-state index in [9.17, 15) is 9.90 Å². The molecule has 1 saturated heterocycles. The number of likely N-dealkylation sites (tertiary alicyclic amines) is 1. The summed E-state index contributed by atoms with van der Waals surface area (Å²) in [6, 6.07) is 17.6. The lowest BCUT2D eigenvalue weighted by molar-refractivity contribution is -0.225. The van der Waals surface area contributed by atoms with Crippen molar-refractivity contribution in [2.24, 2.45) is 0 Å². The summed E-state index contributed by atoms with van der Waals surface area (Å²) in [6.07, 6.45) is 2.39. The topological polar surface area (TPSA) is 68.2 Å². The molecule has 2 atom stereocenters. The van der Waals surface area contributed by atoms with Crippen molar-refractivity contribution in [1.82, 2.24) is 4.90 Å². The molecule has 7 heteroatoms. The Hall–Kier alpha value is -2.19. The Morgan fingerprint density at radius 2 is 1.70 bits per heavy atom. The van der Waals surface area contributed by atoms with Crippen LogP contribution in [-0.4, -0.2) is 49.8 Å². The van der Waals surface area contributed by atoms with Crippen LogP contribution in [0.2, 0.25) is 18.1 Å². The number of carbonyl (C=O) groups excluding carboxylic acids is 1. The van der Waals surface area contributed by atoms with Gasteiger partial charge in [-0.2, -0.15) is 0 Å². The molecule has 1 fully saturated rings. The standard InChI is InChI=1S/C30H45NO5Si/c1-29(2,3)37(5,6)36-21-11-10-20-30(33)27(35-23-25-12-8-7-9-13-25)18-19-28(32)31(30)22-24-14-16-26(34-4)17-15-24/h7-9,12-17,27,33H,10-11,18-23H2,1-6H3/t27-,30?/m0/s1. The molecule has 0 saturated carbocycles. The van der Waals surface area contributed by atoms with E-state index in [0.29, 0.717) is 39.0 Å². The highest BCUT2D eigenvalue weighted by Gasteiger charge is 2.48. The highest BCUT2D eigenvalue weighted by Crippen LogP contribution is 2.38. The maximum Gasteiger partial charge on any atom is 0.225 e.